The molecule has 166 valence electrons. The second-order valence-corrected chi connectivity index (χ2v) is 8.25. The molecule has 0 unspecified atom stereocenters. The van der Waals surface area contributed by atoms with Crippen LogP contribution in [0.2, 0.25) is 0 Å². The molecule has 0 radical (unpaired) electrons. The molecule has 0 saturated carbocycles. The zero-order valence-corrected chi connectivity index (χ0v) is 18.3. The van der Waals surface area contributed by atoms with Gasteiger partial charge in [0.15, 0.2) is 0 Å². The molecule has 1 saturated heterocycles. The molecule has 2 aliphatic heterocycles. The smallest absolute Gasteiger partial charge is 0.261 e. The van der Waals surface area contributed by atoms with Crippen molar-refractivity contribution in [3.05, 3.63) is 70.8 Å². The highest BCUT2D eigenvalue weighted by Crippen LogP contribution is 2.23. The van der Waals surface area contributed by atoms with Gasteiger partial charge in [-0.05, 0) is 43.5 Å². The van der Waals surface area contributed by atoms with E-state index in [-0.39, 0.29) is 36.6 Å². The van der Waals surface area contributed by atoms with E-state index in [9.17, 15) is 19.2 Å². The summed E-state index contributed by atoms with van der Waals surface area (Å²) in [6.07, 6.45) is 1.41. The van der Waals surface area contributed by atoms with Crippen molar-refractivity contribution in [2.75, 3.05) is 32.7 Å². The molecule has 2 heterocycles. The monoisotopic (exact) mass is 433 g/mol. The van der Waals surface area contributed by atoms with Crippen LogP contribution in [0.1, 0.15) is 55.9 Å². The Morgan fingerprint density at radius 2 is 1.41 bits per heavy atom. The van der Waals surface area contributed by atoms with Crippen molar-refractivity contribution in [3.63, 3.8) is 0 Å². The molecule has 0 aromatic heterocycles. The van der Waals surface area contributed by atoms with Crippen molar-refractivity contribution in [1.29, 1.82) is 0 Å². The van der Waals surface area contributed by atoms with Crippen molar-refractivity contribution in [1.82, 2.24) is 14.7 Å². The van der Waals surface area contributed by atoms with Crippen LogP contribution >= 0.6 is 0 Å². The van der Waals surface area contributed by atoms with Crippen LogP contribution in [0.4, 0.5) is 0 Å². The molecule has 0 bridgehead atoms. The lowest BCUT2D eigenvalue weighted by Gasteiger charge is -2.23. The Morgan fingerprint density at radius 3 is 2.09 bits per heavy atom. The van der Waals surface area contributed by atoms with E-state index in [1.807, 2.05) is 36.1 Å². The van der Waals surface area contributed by atoms with Crippen LogP contribution in [0.15, 0.2) is 48.5 Å². The maximum atomic E-state index is 12.9. The number of carbonyl (C=O) groups excluding carboxylic acids is 4. The number of nitrogens with zero attached hydrogens (tertiary/aromatic N) is 3. The van der Waals surface area contributed by atoms with Crippen molar-refractivity contribution < 1.29 is 19.2 Å². The van der Waals surface area contributed by atoms with Crippen LogP contribution in [-0.2, 0) is 4.79 Å². The number of hydrogen-bond acceptors (Lipinski definition) is 4. The van der Waals surface area contributed by atoms with Gasteiger partial charge in [0, 0.05) is 44.7 Å². The Bertz CT molecular complexity index is 1030. The van der Waals surface area contributed by atoms with E-state index in [4.69, 9.17) is 0 Å². The van der Waals surface area contributed by atoms with Gasteiger partial charge in [-0.15, -0.1) is 0 Å². The number of fused-ring (bicyclic) bond motifs is 1. The lowest BCUT2D eigenvalue weighted by molar-refractivity contribution is -0.131. The molecule has 0 N–H and O–H groups in total. The van der Waals surface area contributed by atoms with Gasteiger partial charge in [-0.1, -0.05) is 30.3 Å². The minimum Gasteiger partial charge on any atom is -0.341 e. The quantitative estimate of drug-likeness (QED) is 0.680. The van der Waals surface area contributed by atoms with E-state index in [0.29, 0.717) is 49.3 Å². The van der Waals surface area contributed by atoms with Gasteiger partial charge in [-0.25, -0.2) is 0 Å². The molecule has 0 aliphatic carbocycles. The molecule has 2 aromatic carbocycles. The summed E-state index contributed by atoms with van der Waals surface area (Å²) in [4.78, 5) is 55.3. The van der Waals surface area contributed by atoms with Gasteiger partial charge in [-0.3, -0.25) is 24.1 Å². The van der Waals surface area contributed by atoms with Crippen LogP contribution in [0.3, 0.4) is 0 Å². The van der Waals surface area contributed by atoms with E-state index < -0.39 is 0 Å². The summed E-state index contributed by atoms with van der Waals surface area (Å²) >= 11 is 0. The second-order valence-electron chi connectivity index (χ2n) is 8.25. The van der Waals surface area contributed by atoms with Crippen LogP contribution in [0, 0.1) is 6.92 Å². The third-order valence-corrected chi connectivity index (χ3v) is 6.16. The molecule has 7 nitrogen and oxygen atoms in total. The van der Waals surface area contributed by atoms with Crippen LogP contribution in [0.25, 0.3) is 0 Å². The van der Waals surface area contributed by atoms with Crippen LogP contribution < -0.4 is 0 Å². The molecule has 7 heteroatoms. The average Bonchev–Trinajstić information content (AvgIpc) is 2.96. The predicted molar refractivity (Wildman–Crippen MR) is 119 cm³/mol. The van der Waals surface area contributed by atoms with Crippen molar-refractivity contribution in [2.45, 2.75) is 26.2 Å². The first-order valence-corrected chi connectivity index (χ1v) is 11.1. The van der Waals surface area contributed by atoms with E-state index in [1.54, 1.807) is 29.2 Å². The molecule has 32 heavy (non-hydrogen) atoms. The lowest BCUT2D eigenvalue weighted by atomic mass is 10.1. The minimum absolute atomic E-state index is 0.00280. The first-order valence-electron chi connectivity index (χ1n) is 11.1. The molecule has 2 aromatic rings. The lowest BCUT2D eigenvalue weighted by Crippen LogP contribution is -2.38. The first-order chi connectivity index (χ1) is 15.5. The summed E-state index contributed by atoms with van der Waals surface area (Å²) in [6.45, 7) is 4.36. The van der Waals surface area contributed by atoms with E-state index in [2.05, 4.69) is 0 Å². The normalized spacial score (nSPS) is 16.2. The van der Waals surface area contributed by atoms with Gasteiger partial charge >= 0.3 is 0 Å². The number of amides is 4. The SMILES string of the molecule is Cc1ccccc1C(=O)N1CCCN(C(=O)CCCN2C(=O)c3ccccc3C2=O)CC1. The third-order valence-electron chi connectivity index (χ3n) is 6.16. The average molecular weight is 434 g/mol. The van der Waals surface area contributed by atoms with Gasteiger partial charge in [0.1, 0.15) is 0 Å². The Morgan fingerprint density at radius 1 is 0.812 bits per heavy atom. The maximum absolute atomic E-state index is 12.9. The number of carbonyl (C=O) groups is 4. The van der Waals surface area contributed by atoms with Crippen molar-refractivity contribution >= 4 is 23.6 Å². The zero-order chi connectivity index (χ0) is 22.7. The summed E-state index contributed by atoms with van der Waals surface area (Å²) in [6, 6.07) is 14.3. The summed E-state index contributed by atoms with van der Waals surface area (Å²) in [5.41, 5.74) is 2.50. The molecule has 0 spiro atoms. The van der Waals surface area contributed by atoms with Gasteiger partial charge < -0.3 is 9.80 Å². The zero-order valence-electron chi connectivity index (χ0n) is 18.3. The fraction of sp³-hybridized carbons (Fsp3) is 0.360. The van der Waals surface area contributed by atoms with Gasteiger partial charge in [0.25, 0.3) is 17.7 Å². The molecule has 1 fully saturated rings. The fourth-order valence-electron chi connectivity index (χ4n) is 4.34. The fourth-order valence-corrected chi connectivity index (χ4v) is 4.34. The number of imide groups is 1. The highest BCUT2D eigenvalue weighted by molar-refractivity contribution is 6.21. The Labute approximate surface area is 187 Å². The Hall–Kier alpha value is -3.48. The highest BCUT2D eigenvalue weighted by Gasteiger charge is 2.34. The van der Waals surface area contributed by atoms with Crippen molar-refractivity contribution in [2.24, 2.45) is 0 Å². The Balaban J connectivity index is 1.28. The summed E-state index contributed by atoms with van der Waals surface area (Å²) in [5, 5.41) is 0. The molecule has 2 aliphatic rings. The number of hydrogen-bond donors (Lipinski definition) is 0. The van der Waals surface area contributed by atoms with Crippen molar-refractivity contribution in [3.8, 4) is 0 Å². The van der Waals surface area contributed by atoms with E-state index in [0.717, 1.165) is 12.0 Å². The highest BCUT2D eigenvalue weighted by atomic mass is 16.2. The predicted octanol–water partition coefficient (Wildman–Crippen LogP) is 2.75. The standard InChI is InChI=1S/C25H27N3O4/c1-18-8-2-3-9-19(18)23(30)27-14-7-13-26(16-17-27)22(29)12-6-15-28-24(31)20-10-4-5-11-21(20)25(28)32/h2-5,8-11H,6-7,12-17H2,1H3. The summed E-state index contributed by atoms with van der Waals surface area (Å²) in [5.74, 6) is -0.591. The second kappa shape index (κ2) is 9.34. The summed E-state index contributed by atoms with van der Waals surface area (Å²) < 4.78 is 0. The maximum Gasteiger partial charge on any atom is 0.261 e. The number of aryl methyl sites for hydroxylation is 1. The molecule has 0 atom stereocenters. The summed E-state index contributed by atoms with van der Waals surface area (Å²) in [7, 11) is 0. The van der Waals surface area contributed by atoms with E-state index in [1.165, 1.54) is 4.90 Å². The molecule has 4 rings (SSSR count). The number of rotatable bonds is 5. The van der Waals surface area contributed by atoms with Gasteiger partial charge in [-0.2, -0.15) is 0 Å². The Kier molecular flexibility index (Phi) is 6.35. The topological polar surface area (TPSA) is 78.0 Å². The van der Waals surface area contributed by atoms with Crippen LogP contribution in [0.5, 0.6) is 0 Å². The van der Waals surface area contributed by atoms with Crippen LogP contribution in [-0.4, -0.2) is 71.1 Å². The minimum atomic E-state index is -0.293. The van der Waals surface area contributed by atoms with Gasteiger partial charge in [0.2, 0.25) is 5.91 Å². The molecule has 4 amide bonds. The first kappa shape index (κ1) is 21.7. The molecular weight excluding hydrogens is 406 g/mol. The third kappa shape index (κ3) is 4.28. The van der Waals surface area contributed by atoms with Gasteiger partial charge in [0.05, 0.1) is 11.1 Å². The largest absolute Gasteiger partial charge is 0.341 e. The van der Waals surface area contributed by atoms with E-state index >= 15 is 0 Å². The number of benzene rings is 2. The molecular formula is C25H27N3O4.